The summed E-state index contributed by atoms with van der Waals surface area (Å²) in [6.07, 6.45) is 1.87. The van der Waals surface area contributed by atoms with E-state index in [4.69, 9.17) is 0 Å². The molecule has 6 nitrogen and oxygen atoms in total. The van der Waals surface area contributed by atoms with E-state index in [2.05, 4.69) is 10.4 Å². The first kappa shape index (κ1) is 16.8. The van der Waals surface area contributed by atoms with Gasteiger partial charge >= 0.3 is 0 Å². The van der Waals surface area contributed by atoms with Crippen molar-refractivity contribution >= 4 is 23.3 Å². The van der Waals surface area contributed by atoms with Gasteiger partial charge < -0.3 is 10.2 Å². The summed E-state index contributed by atoms with van der Waals surface area (Å²) in [5, 5.41) is 7.49. The number of aryl methyl sites for hydroxylation is 1. The van der Waals surface area contributed by atoms with Gasteiger partial charge in [0.15, 0.2) is 0 Å². The molecular weight excluding hydrogens is 328 g/mol. The molecule has 2 amide bonds. The molecule has 1 aromatic carbocycles. The van der Waals surface area contributed by atoms with Crippen LogP contribution >= 0.6 is 0 Å². The molecule has 0 fully saturated rings. The molecule has 26 heavy (non-hydrogen) atoms. The fourth-order valence-corrected chi connectivity index (χ4v) is 4.34. The van der Waals surface area contributed by atoms with Crippen molar-refractivity contribution in [1.29, 1.82) is 0 Å². The second-order valence-electron chi connectivity index (χ2n) is 8.14. The lowest BCUT2D eigenvalue weighted by Gasteiger charge is -2.34. The summed E-state index contributed by atoms with van der Waals surface area (Å²) in [4.78, 5) is 28.1. The molecule has 0 bridgehead atoms. The van der Waals surface area contributed by atoms with E-state index >= 15 is 0 Å². The Bertz CT molecular complexity index is 938. The minimum absolute atomic E-state index is 0.0335. The highest BCUT2D eigenvalue weighted by molar-refractivity contribution is 6.16. The largest absolute Gasteiger partial charge is 0.311 e. The van der Waals surface area contributed by atoms with Crippen molar-refractivity contribution in [1.82, 2.24) is 9.78 Å². The van der Waals surface area contributed by atoms with E-state index in [-0.39, 0.29) is 23.8 Å². The number of para-hydroxylation sites is 1. The van der Waals surface area contributed by atoms with Crippen molar-refractivity contribution < 1.29 is 9.59 Å². The fourth-order valence-electron chi connectivity index (χ4n) is 4.34. The van der Waals surface area contributed by atoms with E-state index in [9.17, 15) is 9.59 Å². The third-order valence-electron chi connectivity index (χ3n) is 5.44. The molecule has 2 aliphatic heterocycles. The summed E-state index contributed by atoms with van der Waals surface area (Å²) >= 11 is 0. The Hall–Kier alpha value is -2.63. The van der Waals surface area contributed by atoms with Crippen molar-refractivity contribution in [2.45, 2.75) is 52.0 Å². The predicted octanol–water partition coefficient (Wildman–Crippen LogP) is 2.94. The third kappa shape index (κ3) is 1.95. The van der Waals surface area contributed by atoms with E-state index in [1.807, 2.05) is 57.7 Å². The van der Waals surface area contributed by atoms with Gasteiger partial charge in [0.25, 0.3) is 0 Å². The zero-order chi connectivity index (χ0) is 18.9. The van der Waals surface area contributed by atoms with Crippen LogP contribution in [-0.2, 0) is 20.5 Å². The normalized spacial score (nSPS) is 21.8. The van der Waals surface area contributed by atoms with Crippen LogP contribution in [0, 0.1) is 6.92 Å². The van der Waals surface area contributed by atoms with E-state index < -0.39 is 5.41 Å². The molecule has 1 N–H and O–H groups in total. The topological polar surface area (TPSA) is 67.2 Å². The van der Waals surface area contributed by atoms with Crippen LogP contribution in [0.4, 0.5) is 11.5 Å². The van der Waals surface area contributed by atoms with Crippen LogP contribution in [0.1, 0.15) is 50.8 Å². The fraction of sp³-hybridized carbons (Fsp3) is 0.450. The lowest BCUT2D eigenvalue weighted by atomic mass is 9.71. The zero-order valence-electron chi connectivity index (χ0n) is 15.9. The van der Waals surface area contributed by atoms with Crippen LogP contribution in [0.25, 0.3) is 0 Å². The molecule has 0 unspecified atom stereocenters. The summed E-state index contributed by atoms with van der Waals surface area (Å²) in [5.74, 6) is 0.448. The maximum atomic E-state index is 13.6. The maximum Gasteiger partial charge on any atom is 0.242 e. The van der Waals surface area contributed by atoms with Crippen LogP contribution in [0.15, 0.2) is 24.4 Å². The molecule has 1 spiro atoms. The van der Waals surface area contributed by atoms with Gasteiger partial charge in [0, 0.05) is 18.5 Å². The molecule has 0 radical (unpaired) electrons. The highest BCUT2D eigenvalue weighted by Gasteiger charge is 2.57. The SMILES string of the molecule is CCN1C(=O)[C@@]2(CC(=O)Nc3c2cnn3C(C)(C)C)c2cccc(C)c21. The highest BCUT2D eigenvalue weighted by Crippen LogP contribution is 2.53. The van der Waals surface area contributed by atoms with Crippen molar-refractivity contribution in [2.24, 2.45) is 0 Å². The maximum absolute atomic E-state index is 13.6. The molecule has 1 atom stereocenters. The van der Waals surface area contributed by atoms with Crippen molar-refractivity contribution in [2.75, 3.05) is 16.8 Å². The molecule has 0 aliphatic carbocycles. The summed E-state index contributed by atoms with van der Waals surface area (Å²) in [6, 6.07) is 5.95. The van der Waals surface area contributed by atoms with Gasteiger partial charge in [-0.05, 0) is 45.7 Å². The molecule has 6 heteroatoms. The van der Waals surface area contributed by atoms with Gasteiger partial charge in [-0.25, -0.2) is 4.68 Å². The van der Waals surface area contributed by atoms with Crippen molar-refractivity contribution in [3.8, 4) is 0 Å². The molecule has 136 valence electrons. The number of carbonyl (C=O) groups excluding carboxylic acids is 2. The lowest BCUT2D eigenvalue weighted by molar-refractivity contribution is -0.126. The first-order valence-electron chi connectivity index (χ1n) is 9.02. The molecule has 3 heterocycles. The predicted molar refractivity (Wildman–Crippen MR) is 100 cm³/mol. The van der Waals surface area contributed by atoms with Crippen LogP contribution in [0.5, 0.6) is 0 Å². The summed E-state index contributed by atoms with van der Waals surface area (Å²) in [7, 11) is 0. The Morgan fingerprint density at radius 3 is 2.62 bits per heavy atom. The number of fused-ring (bicyclic) bond motifs is 4. The zero-order valence-corrected chi connectivity index (χ0v) is 15.9. The summed E-state index contributed by atoms with van der Waals surface area (Å²) < 4.78 is 1.80. The number of carbonyl (C=O) groups is 2. The first-order valence-corrected chi connectivity index (χ1v) is 9.02. The van der Waals surface area contributed by atoms with Crippen molar-refractivity contribution in [3.05, 3.63) is 41.1 Å². The van der Waals surface area contributed by atoms with Gasteiger partial charge in [-0.2, -0.15) is 5.10 Å². The minimum Gasteiger partial charge on any atom is -0.311 e. The highest BCUT2D eigenvalue weighted by atomic mass is 16.2. The van der Waals surface area contributed by atoms with Gasteiger partial charge in [0.05, 0.1) is 17.4 Å². The molecule has 0 saturated heterocycles. The molecule has 1 aromatic heterocycles. The molecule has 4 rings (SSSR count). The third-order valence-corrected chi connectivity index (χ3v) is 5.44. The average molecular weight is 352 g/mol. The van der Waals surface area contributed by atoms with Gasteiger partial charge in [0.1, 0.15) is 11.2 Å². The molecule has 2 aromatic rings. The van der Waals surface area contributed by atoms with Gasteiger partial charge in [-0.15, -0.1) is 0 Å². The van der Waals surface area contributed by atoms with Gasteiger partial charge in [-0.3, -0.25) is 9.59 Å². The number of nitrogens with zero attached hydrogens (tertiary/aromatic N) is 3. The number of likely N-dealkylation sites (N-methyl/N-ethyl adjacent to an activating group) is 1. The number of benzene rings is 1. The van der Waals surface area contributed by atoms with Crippen molar-refractivity contribution in [3.63, 3.8) is 0 Å². The standard InChI is InChI=1S/C20H24N4O2/c1-6-23-16-12(2)8-7-9-13(16)20(18(23)26)10-15(25)22-17-14(20)11-21-24(17)19(3,4)5/h7-9,11H,6,10H2,1-5H3,(H,22,25)/t20-/m0/s1. The Labute approximate surface area is 153 Å². The second kappa shape index (κ2) is 5.19. The number of aromatic nitrogens is 2. The molecule has 2 aliphatic rings. The van der Waals surface area contributed by atoms with Crippen LogP contribution in [0.3, 0.4) is 0 Å². The first-order chi connectivity index (χ1) is 12.2. The number of hydrogen-bond acceptors (Lipinski definition) is 3. The lowest BCUT2D eigenvalue weighted by Crippen LogP contribution is -2.47. The van der Waals surface area contributed by atoms with E-state index in [1.54, 1.807) is 10.9 Å². The number of nitrogens with one attached hydrogen (secondary N) is 1. The molecular formula is C20H24N4O2. The van der Waals surface area contributed by atoms with Gasteiger partial charge in [0.2, 0.25) is 11.8 Å². The smallest absolute Gasteiger partial charge is 0.242 e. The van der Waals surface area contributed by atoms with E-state index in [0.29, 0.717) is 12.4 Å². The van der Waals surface area contributed by atoms with Crippen LogP contribution in [-0.4, -0.2) is 28.1 Å². The Morgan fingerprint density at radius 1 is 1.23 bits per heavy atom. The number of rotatable bonds is 1. The van der Waals surface area contributed by atoms with E-state index in [0.717, 1.165) is 22.4 Å². The number of anilines is 2. The minimum atomic E-state index is -0.988. The van der Waals surface area contributed by atoms with Gasteiger partial charge in [-0.1, -0.05) is 18.2 Å². The number of hydrogen-bond donors (Lipinski definition) is 1. The summed E-state index contributed by atoms with van der Waals surface area (Å²) in [5.41, 5.74) is 2.39. The second-order valence-corrected chi connectivity index (χ2v) is 8.14. The number of amides is 2. The van der Waals surface area contributed by atoms with Crippen LogP contribution in [0.2, 0.25) is 0 Å². The Morgan fingerprint density at radius 2 is 1.96 bits per heavy atom. The van der Waals surface area contributed by atoms with Crippen LogP contribution < -0.4 is 10.2 Å². The Kier molecular flexibility index (Phi) is 3.36. The summed E-state index contributed by atoms with van der Waals surface area (Å²) in [6.45, 7) is 10.6. The average Bonchev–Trinajstić information content (AvgIpc) is 3.08. The molecule has 0 saturated carbocycles. The monoisotopic (exact) mass is 352 g/mol. The Balaban J connectivity index is 2.05. The quantitative estimate of drug-likeness (QED) is 0.858. The van der Waals surface area contributed by atoms with E-state index in [1.165, 1.54) is 0 Å².